The number of hydrogen-bond acceptors (Lipinski definition) is 3. The van der Waals surface area contributed by atoms with Gasteiger partial charge >= 0.3 is 6.03 Å². The van der Waals surface area contributed by atoms with Crippen LogP contribution in [0, 0.1) is 13.8 Å². The number of carbonyl (C=O) groups excluding carboxylic acids is 3. The number of para-hydroxylation sites is 1. The first kappa shape index (κ1) is 19.8. The second kappa shape index (κ2) is 7.76. The lowest BCUT2D eigenvalue weighted by Crippen LogP contribution is -2.54. The Morgan fingerprint density at radius 2 is 1.60 bits per heavy atom. The van der Waals surface area contributed by atoms with Gasteiger partial charge in [-0.2, -0.15) is 0 Å². The Morgan fingerprint density at radius 3 is 2.30 bits per heavy atom. The van der Waals surface area contributed by atoms with Crippen molar-refractivity contribution in [3.63, 3.8) is 0 Å². The van der Waals surface area contributed by atoms with Crippen LogP contribution in [0.4, 0.5) is 10.5 Å². The maximum Gasteiger partial charge on any atom is 0.335 e. The number of aromatic nitrogens is 1. The molecule has 7 heteroatoms. The Labute approximate surface area is 181 Å². The summed E-state index contributed by atoms with van der Waals surface area (Å²) in [5, 5.41) is 2.26. The van der Waals surface area contributed by atoms with Gasteiger partial charge in [-0.15, -0.1) is 0 Å². The molecule has 150 valence electrons. The number of benzene rings is 2. The lowest BCUT2D eigenvalue weighted by atomic mass is 10.1. The topological polar surface area (TPSA) is 71.4 Å². The second-order valence-corrected chi connectivity index (χ2v) is 7.85. The molecule has 6 nitrogen and oxygen atoms in total. The van der Waals surface area contributed by atoms with Crippen molar-refractivity contribution in [3.05, 3.63) is 87.7 Å². The number of imide groups is 2. The van der Waals surface area contributed by atoms with Crippen LogP contribution in [0.15, 0.2) is 70.7 Å². The van der Waals surface area contributed by atoms with Crippen LogP contribution in [0.1, 0.15) is 17.0 Å². The molecule has 1 aliphatic heterocycles. The van der Waals surface area contributed by atoms with Gasteiger partial charge in [0.05, 0.1) is 5.69 Å². The summed E-state index contributed by atoms with van der Waals surface area (Å²) < 4.78 is 2.77. The molecule has 2 heterocycles. The summed E-state index contributed by atoms with van der Waals surface area (Å²) >= 11 is 3.34. The number of urea groups is 1. The molecule has 1 N–H and O–H groups in total. The summed E-state index contributed by atoms with van der Waals surface area (Å²) in [5.74, 6) is -1.37. The Kier molecular flexibility index (Phi) is 5.13. The van der Waals surface area contributed by atoms with Crippen LogP contribution < -0.4 is 10.2 Å². The van der Waals surface area contributed by atoms with Crippen molar-refractivity contribution in [1.82, 2.24) is 9.88 Å². The van der Waals surface area contributed by atoms with Crippen LogP contribution in [0.3, 0.4) is 0 Å². The predicted octanol–water partition coefficient (Wildman–Crippen LogP) is 4.52. The SMILES string of the molecule is Cc1cc(C=C2C(=O)NC(=O)N(c3cccc(Br)c3)C2=O)c(C)n1-c1ccccc1. The largest absolute Gasteiger partial charge is 0.335 e. The van der Waals surface area contributed by atoms with Crippen molar-refractivity contribution in [2.45, 2.75) is 13.8 Å². The molecule has 0 aliphatic carbocycles. The van der Waals surface area contributed by atoms with Gasteiger partial charge in [0.15, 0.2) is 0 Å². The number of nitrogens with zero attached hydrogens (tertiary/aromatic N) is 2. The van der Waals surface area contributed by atoms with Gasteiger partial charge in [0.25, 0.3) is 11.8 Å². The standard InChI is InChI=1S/C23H18BrN3O3/c1-14-11-16(15(2)26(14)18-8-4-3-5-9-18)12-20-21(28)25-23(30)27(22(20)29)19-10-6-7-17(24)13-19/h3-13H,1-2H3,(H,25,28,30). The number of anilines is 1. The van der Waals surface area contributed by atoms with Crippen LogP contribution in [0.25, 0.3) is 11.8 Å². The zero-order chi connectivity index (χ0) is 21.4. The highest BCUT2D eigenvalue weighted by molar-refractivity contribution is 9.10. The van der Waals surface area contributed by atoms with Crippen LogP contribution in [0.5, 0.6) is 0 Å². The molecule has 1 aliphatic rings. The zero-order valence-electron chi connectivity index (χ0n) is 16.3. The quantitative estimate of drug-likeness (QED) is 0.458. The third-order valence-electron chi connectivity index (χ3n) is 4.95. The van der Waals surface area contributed by atoms with Crippen molar-refractivity contribution >= 4 is 45.5 Å². The van der Waals surface area contributed by atoms with E-state index >= 15 is 0 Å². The molecule has 4 amide bonds. The van der Waals surface area contributed by atoms with Crippen LogP contribution in [-0.4, -0.2) is 22.4 Å². The lowest BCUT2D eigenvalue weighted by molar-refractivity contribution is -0.122. The van der Waals surface area contributed by atoms with Crippen LogP contribution in [0.2, 0.25) is 0 Å². The number of hydrogen-bond donors (Lipinski definition) is 1. The first-order valence-corrected chi connectivity index (χ1v) is 10.1. The van der Waals surface area contributed by atoms with Crippen molar-refractivity contribution in [3.8, 4) is 5.69 Å². The third kappa shape index (κ3) is 3.48. The Balaban J connectivity index is 1.77. The number of nitrogens with one attached hydrogen (secondary N) is 1. The van der Waals surface area contributed by atoms with E-state index in [-0.39, 0.29) is 5.57 Å². The van der Waals surface area contributed by atoms with Gasteiger partial charge in [-0.05, 0) is 61.9 Å². The molecule has 1 fully saturated rings. The summed E-state index contributed by atoms with van der Waals surface area (Å²) in [6.07, 6.45) is 1.54. The van der Waals surface area contributed by atoms with Crippen molar-refractivity contribution in [2.24, 2.45) is 0 Å². The highest BCUT2D eigenvalue weighted by atomic mass is 79.9. The van der Waals surface area contributed by atoms with Gasteiger partial charge in [0.1, 0.15) is 5.57 Å². The first-order chi connectivity index (χ1) is 14.4. The highest BCUT2D eigenvalue weighted by Gasteiger charge is 2.37. The van der Waals surface area contributed by atoms with E-state index in [2.05, 4.69) is 25.8 Å². The normalized spacial score (nSPS) is 15.6. The number of barbiturate groups is 1. The number of rotatable bonds is 3. The van der Waals surface area contributed by atoms with E-state index < -0.39 is 17.8 Å². The van der Waals surface area contributed by atoms with E-state index in [1.165, 1.54) is 6.08 Å². The molecule has 0 saturated carbocycles. The maximum absolute atomic E-state index is 13.1. The van der Waals surface area contributed by atoms with Gasteiger partial charge in [-0.1, -0.05) is 40.2 Å². The summed E-state index contributed by atoms with van der Waals surface area (Å²) in [7, 11) is 0. The number of amides is 4. The molecule has 0 bridgehead atoms. The van der Waals surface area contributed by atoms with E-state index in [0.717, 1.165) is 32.0 Å². The average Bonchev–Trinajstić information content (AvgIpc) is 2.99. The summed E-state index contributed by atoms with van der Waals surface area (Å²) in [5.41, 5.74) is 3.86. The molecule has 1 saturated heterocycles. The minimum Gasteiger partial charge on any atom is -0.318 e. The lowest BCUT2D eigenvalue weighted by Gasteiger charge is -2.26. The first-order valence-electron chi connectivity index (χ1n) is 9.28. The number of halogens is 1. The Bertz CT molecular complexity index is 1210. The minimum atomic E-state index is -0.769. The molecular formula is C23H18BrN3O3. The molecule has 0 spiro atoms. The Morgan fingerprint density at radius 1 is 0.900 bits per heavy atom. The minimum absolute atomic E-state index is 0.0945. The van der Waals surface area contributed by atoms with E-state index in [0.29, 0.717) is 5.69 Å². The highest BCUT2D eigenvalue weighted by Crippen LogP contribution is 2.27. The predicted molar refractivity (Wildman–Crippen MR) is 118 cm³/mol. The maximum atomic E-state index is 13.1. The van der Waals surface area contributed by atoms with E-state index in [4.69, 9.17) is 0 Å². The van der Waals surface area contributed by atoms with E-state index in [1.807, 2.05) is 50.2 Å². The molecule has 3 aromatic rings. The van der Waals surface area contributed by atoms with Gasteiger partial charge in [-0.25, -0.2) is 9.69 Å². The van der Waals surface area contributed by atoms with E-state index in [9.17, 15) is 14.4 Å². The van der Waals surface area contributed by atoms with Crippen molar-refractivity contribution < 1.29 is 14.4 Å². The summed E-state index contributed by atoms with van der Waals surface area (Å²) in [6, 6.07) is 17.8. The molecule has 2 aromatic carbocycles. The summed E-state index contributed by atoms with van der Waals surface area (Å²) in [6.45, 7) is 3.89. The number of carbonyl (C=O) groups is 3. The van der Waals surface area contributed by atoms with Crippen LogP contribution in [-0.2, 0) is 9.59 Å². The zero-order valence-corrected chi connectivity index (χ0v) is 17.9. The fraction of sp³-hybridized carbons (Fsp3) is 0.0870. The molecular weight excluding hydrogens is 446 g/mol. The Hall–Kier alpha value is -3.45. The monoisotopic (exact) mass is 463 g/mol. The summed E-state index contributed by atoms with van der Waals surface area (Å²) in [4.78, 5) is 38.9. The van der Waals surface area contributed by atoms with Gasteiger partial charge in [0.2, 0.25) is 0 Å². The molecule has 0 radical (unpaired) electrons. The van der Waals surface area contributed by atoms with E-state index in [1.54, 1.807) is 24.3 Å². The number of aryl methyl sites for hydroxylation is 1. The van der Waals surface area contributed by atoms with Crippen molar-refractivity contribution in [1.29, 1.82) is 0 Å². The van der Waals surface area contributed by atoms with Crippen LogP contribution >= 0.6 is 15.9 Å². The van der Waals surface area contributed by atoms with Crippen molar-refractivity contribution in [2.75, 3.05) is 4.90 Å². The van der Waals surface area contributed by atoms with Gasteiger partial charge in [0, 0.05) is 21.5 Å². The van der Waals surface area contributed by atoms with Gasteiger partial charge < -0.3 is 4.57 Å². The van der Waals surface area contributed by atoms with Gasteiger partial charge in [-0.3, -0.25) is 14.9 Å². The molecule has 1 aromatic heterocycles. The second-order valence-electron chi connectivity index (χ2n) is 6.94. The fourth-order valence-electron chi connectivity index (χ4n) is 3.57. The molecule has 0 atom stereocenters. The fourth-order valence-corrected chi connectivity index (χ4v) is 3.96. The molecule has 4 rings (SSSR count). The smallest absolute Gasteiger partial charge is 0.318 e. The molecule has 30 heavy (non-hydrogen) atoms. The average molecular weight is 464 g/mol. The third-order valence-corrected chi connectivity index (χ3v) is 5.45. The molecule has 0 unspecified atom stereocenters.